The zero-order chi connectivity index (χ0) is 25.0. The van der Waals surface area contributed by atoms with E-state index in [1.807, 2.05) is 24.3 Å². The Morgan fingerprint density at radius 3 is 2.54 bits per heavy atom. The Morgan fingerprint density at radius 1 is 1.06 bits per heavy atom. The minimum atomic E-state index is -3.96. The van der Waals surface area contributed by atoms with Crippen molar-refractivity contribution in [2.24, 2.45) is 0 Å². The van der Waals surface area contributed by atoms with Crippen LogP contribution in [0.1, 0.15) is 40.4 Å². The van der Waals surface area contributed by atoms with Crippen LogP contribution in [0.5, 0.6) is 0 Å². The Bertz CT molecular complexity index is 1340. The highest BCUT2D eigenvalue weighted by Gasteiger charge is 2.25. The standard InChI is InChI=1S/C26H25ClN2O5S/c1-29(19-10-3-2-4-11-19)35(32,33)20-14-15-23(27)22(16-20)26(31)34-17-25(30)28-24-13-7-9-18-8-5-6-12-21(18)24/h2-6,8,10-12,14-16,24H,7,9,13,17H2,1H3,(H,28,30). The number of carbonyl (C=O) groups excluding carboxylic acids is 2. The molecule has 7 nitrogen and oxygen atoms in total. The van der Waals surface area contributed by atoms with Crippen molar-refractivity contribution < 1.29 is 22.7 Å². The van der Waals surface area contributed by atoms with Gasteiger partial charge in [0, 0.05) is 7.05 Å². The maximum absolute atomic E-state index is 13.1. The zero-order valence-electron chi connectivity index (χ0n) is 19.1. The summed E-state index contributed by atoms with van der Waals surface area (Å²) >= 11 is 6.16. The first kappa shape index (κ1) is 24.8. The number of ether oxygens (including phenoxy) is 1. The molecule has 1 atom stereocenters. The molecule has 1 N–H and O–H groups in total. The molecule has 0 saturated carbocycles. The highest BCUT2D eigenvalue weighted by atomic mass is 35.5. The summed E-state index contributed by atoms with van der Waals surface area (Å²) in [4.78, 5) is 25.1. The predicted molar refractivity (Wildman–Crippen MR) is 134 cm³/mol. The normalized spacial score (nSPS) is 15.1. The van der Waals surface area contributed by atoms with E-state index in [9.17, 15) is 18.0 Å². The number of nitrogens with zero attached hydrogens (tertiary/aromatic N) is 1. The molecule has 0 aliphatic heterocycles. The smallest absolute Gasteiger partial charge is 0.340 e. The molecule has 1 aliphatic carbocycles. The summed E-state index contributed by atoms with van der Waals surface area (Å²) < 4.78 is 32.4. The molecule has 4 rings (SSSR count). The number of para-hydroxylation sites is 1. The molecule has 0 spiro atoms. The number of halogens is 1. The van der Waals surface area contributed by atoms with Crippen LogP contribution in [-0.2, 0) is 26.0 Å². The summed E-state index contributed by atoms with van der Waals surface area (Å²) in [7, 11) is -2.53. The fraction of sp³-hybridized carbons (Fsp3) is 0.231. The lowest BCUT2D eigenvalue weighted by Crippen LogP contribution is -2.34. The second kappa shape index (κ2) is 10.5. The number of nitrogens with one attached hydrogen (secondary N) is 1. The SMILES string of the molecule is CN(c1ccccc1)S(=O)(=O)c1ccc(Cl)c(C(=O)OCC(=O)NC2CCCc3ccccc32)c1. The van der Waals surface area contributed by atoms with Gasteiger partial charge < -0.3 is 10.1 Å². The number of fused-ring (bicyclic) bond motifs is 1. The monoisotopic (exact) mass is 512 g/mol. The number of carbonyl (C=O) groups is 2. The minimum Gasteiger partial charge on any atom is -0.452 e. The topological polar surface area (TPSA) is 92.8 Å². The fourth-order valence-corrected chi connectivity index (χ4v) is 5.52. The van der Waals surface area contributed by atoms with Crippen molar-refractivity contribution in [3.63, 3.8) is 0 Å². The van der Waals surface area contributed by atoms with Gasteiger partial charge in [-0.1, -0.05) is 54.1 Å². The van der Waals surface area contributed by atoms with Crippen LogP contribution in [0.15, 0.2) is 77.7 Å². The van der Waals surface area contributed by atoms with Crippen molar-refractivity contribution >= 4 is 39.2 Å². The summed E-state index contributed by atoms with van der Waals surface area (Å²) in [5.41, 5.74) is 2.60. The average Bonchev–Trinajstić information content (AvgIpc) is 2.87. The molecule has 0 fully saturated rings. The predicted octanol–water partition coefficient (Wildman–Crippen LogP) is 4.52. The van der Waals surface area contributed by atoms with Crippen molar-refractivity contribution in [3.8, 4) is 0 Å². The lowest BCUT2D eigenvalue weighted by molar-refractivity contribution is -0.125. The minimum absolute atomic E-state index is 0.0259. The van der Waals surface area contributed by atoms with Gasteiger partial charge in [-0.3, -0.25) is 9.10 Å². The molecule has 35 heavy (non-hydrogen) atoms. The number of hydrogen-bond acceptors (Lipinski definition) is 5. The van der Waals surface area contributed by atoms with Gasteiger partial charge in [0.05, 0.1) is 27.2 Å². The number of amides is 1. The van der Waals surface area contributed by atoms with Gasteiger partial charge in [-0.2, -0.15) is 0 Å². The molecule has 0 heterocycles. The van der Waals surface area contributed by atoms with Crippen LogP contribution in [0, 0.1) is 0 Å². The third-order valence-electron chi connectivity index (χ3n) is 5.97. The van der Waals surface area contributed by atoms with Gasteiger partial charge in [-0.05, 0) is 60.7 Å². The summed E-state index contributed by atoms with van der Waals surface area (Å²) in [6.07, 6.45) is 2.72. The van der Waals surface area contributed by atoms with Crippen LogP contribution in [0.4, 0.5) is 5.69 Å². The van der Waals surface area contributed by atoms with Crippen LogP contribution in [0.2, 0.25) is 5.02 Å². The molecule has 182 valence electrons. The van der Waals surface area contributed by atoms with E-state index in [4.69, 9.17) is 16.3 Å². The van der Waals surface area contributed by atoms with Crippen molar-refractivity contribution in [3.05, 3.63) is 94.5 Å². The Kier molecular flexibility index (Phi) is 7.42. The molecule has 1 aliphatic rings. The first-order chi connectivity index (χ1) is 16.8. The third kappa shape index (κ3) is 5.49. The molecular formula is C26H25ClN2O5S. The van der Waals surface area contributed by atoms with Crippen LogP contribution < -0.4 is 9.62 Å². The Labute approximate surface area is 209 Å². The number of sulfonamides is 1. The van der Waals surface area contributed by atoms with Gasteiger partial charge in [0.15, 0.2) is 6.61 Å². The first-order valence-corrected chi connectivity index (χ1v) is 13.0. The highest BCUT2D eigenvalue weighted by Crippen LogP contribution is 2.29. The van der Waals surface area contributed by atoms with E-state index in [2.05, 4.69) is 5.32 Å². The van der Waals surface area contributed by atoms with Crippen molar-refractivity contribution in [1.29, 1.82) is 0 Å². The molecule has 0 aromatic heterocycles. The van der Waals surface area contributed by atoms with Crippen LogP contribution in [0.25, 0.3) is 0 Å². The van der Waals surface area contributed by atoms with Gasteiger partial charge in [0.2, 0.25) is 0 Å². The maximum Gasteiger partial charge on any atom is 0.340 e. The van der Waals surface area contributed by atoms with E-state index in [-0.39, 0.29) is 21.5 Å². The summed E-state index contributed by atoms with van der Waals surface area (Å²) in [5.74, 6) is -1.32. The quantitative estimate of drug-likeness (QED) is 0.470. The summed E-state index contributed by atoms with van der Waals surface area (Å²) in [5, 5.41) is 2.94. The van der Waals surface area contributed by atoms with E-state index < -0.39 is 28.5 Å². The van der Waals surface area contributed by atoms with E-state index in [0.717, 1.165) is 35.2 Å². The average molecular weight is 513 g/mol. The number of anilines is 1. The van der Waals surface area contributed by atoms with Crippen LogP contribution in [0.3, 0.4) is 0 Å². The van der Waals surface area contributed by atoms with E-state index in [1.54, 1.807) is 30.3 Å². The number of esters is 1. The third-order valence-corrected chi connectivity index (χ3v) is 8.09. The molecule has 0 radical (unpaired) electrons. The molecular weight excluding hydrogens is 488 g/mol. The van der Waals surface area contributed by atoms with Gasteiger partial charge in [-0.25, -0.2) is 13.2 Å². The highest BCUT2D eigenvalue weighted by molar-refractivity contribution is 7.92. The lowest BCUT2D eigenvalue weighted by Gasteiger charge is -2.26. The second-order valence-corrected chi connectivity index (χ2v) is 10.6. The molecule has 0 saturated heterocycles. The molecule has 0 bridgehead atoms. The van der Waals surface area contributed by atoms with Crippen LogP contribution >= 0.6 is 11.6 Å². The van der Waals surface area contributed by atoms with E-state index in [1.165, 1.54) is 24.7 Å². The second-order valence-electron chi connectivity index (χ2n) is 8.24. The maximum atomic E-state index is 13.1. The Hall–Kier alpha value is -3.36. The molecule has 3 aromatic carbocycles. The van der Waals surface area contributed by atoms with Crippen molar-refractivity contribution in [1.82, 2.24) is 5.32 Å². The van der Waals surface area contributed by atoms with Gasteiger partial charge in [0.25, 0.3) is 15.9 Å². The largest absolute Gasteiger partial charge is 0.452 e. The Balaban J connectivity index is 1.44. The number of aryl methyl sites for hydroxylation is 1. The summed E-state index contributed by atoms with van der Waals surface area (Å²) in [6, 6.07) is 20.2. The summed E-state index contributed by atoms with van der Waals surface area (Å²) in [6.45, 7) is -0.505. The van der Waals surface area contributed by atoms with E-state index in [0.29, 0.717) is 5.69 Å². The molecule has 1 unspecified atom stereocenters. The lowest BCUT2D eigenvalue weighted by atomic mass is 9.88. The number of hydrogen-bond donors (Lipinski definition) is 1. The molecule has 9 heteroatoms. The van der Waals surface area contributed by atoms with Crippen LogP contribution in [-0.4, -0.2) is 33.9 Å². The van der Waals surface area contributed by atoms with Gasteiger partial charge in [-0.15, -0.1) is 0 Å². The molecule has 1 amide bonds. The van der Waals surface area contributed by atoms with E-state index >= 15 is 0 Å². The first-order valence-electron chi connectivity index (χ1n) is 11.1. The fourth-order valence-electron chi connectivity index (χ4n) is 4.10. The Morgan fingerprint density at radius 2 is 1.77 bits per heavy atom. The number of rotatable bonds is 7. The number of benzene rings is 3. The van der Waals surface area contributed by atoms with Gasteiger partial charge >= 0.3 is 5.97 Å². The van der Waals surface area contributed by atoms with Gasteiger partial charge in [0.1, 0.15) is 0 Å². The van der Waals surface area contributed by atoms with Crippen molar-refractivity contribution in [2.75, 3.05) is 18.0 Å². The zero-order valence-corrected chi connectivity index (χ0v) is 20.7. The molecule has 3 aromatic rings. The van der Waals surface area contributed by atoms with Crippen molar-refractivity contribution in [2.45, 2.75) is 30.2 Å².